The third kappa shape index (κ3) is 3.12. The van der Waals surface area contributed by atoms with Gasteiger partial charge in [-0.05, 0) is 42.0 Å². The first-order valence-electron chi connectivity index (χ1n) is 8.14. The van der Waals surface area contributed by atoms with Gasteiger partial charge in [-0.25, -0.2) is 4.68 Å². The maximum Gasteiger partial charge on any atom is 0.0927 e. The number of pyridine rings is 1. The lowest BCUT2D eigenvalue weighted by Crippen LogP contribution is -1.94. The number of nitrogens with zero attached hydrogens (tertiary/aromatic N) is 3. The van der Waals surface area contributed by atoms with Crippen molar-refractivity contribution in [1.82, 2.24) is 14.8 Å². The van der Waals surface area contributed by atoms with Crippen molar-refractivity contribution in [2.45, 2.75) is 0 Å². The lowest BCUT2D eigenvalue weighted by molar-refractivity contribution is 0.884. The van der Waals surface area contributed by atoms with Crippen LogP contribution >= 0.6 is 0 Å². The molecule has 3 nitrogen and oxygen atoms in total. The molecule has 0 aliphatic rings. The summed E-state index contributed by atoms with van der Waals surface area (Å²) in [7, 11) is 0. The Morgan fingerprint density at radius 1 is 0.800 bits per heavy atom. The maximum atomic E-state index is 4.71. The van der Waals surface area contributed by atoms with E-state index in [0.717, 1.165) is 33.8 Å². The first-order chi connectivity index (χ1) is 12.3. The van der Waals surface area contributed by atoms with Gasteiger partial charge in [0.15, 0.2) is 0 Å². The van der Waals surface area contributed by atoms with Crippen LogP contribution in [0.5, 0.6) is 0 Å². The van der Waals surface area contributed by atoms with Gasteiger partial charge in [-0.2, -0.15) is 5.10 Å². The molecule has 4 rings (SSSR count). The van der Waals surface area contributed by atoms with Crippen molar-refractivity contribution in [3.8, 4) is 28.2 Å². The van der Waals surface area contributed by atoms with E-state index in [4.69, 9.17) is 5.10 Å². The van der Waals surface area contributed by atoms with Gasteiger partial charge in [0.2, 0.25) is 0 Å². The van der Waals surface area contributed by atoms with Crippen molar-refractivity contribution in [3.63, 3.8) is 0 Å². The molecule has 2 heterocycles. The number of aromatic nitrogens is 3. The van der Waals surface area contributed by atoms with Crippen LogP contribution in [-0.2, 0) is 0 Å². The van der Waals surface area contributed by atoms with E-state index in [-0.39, 0.29) is 0 Å². The van der Waals surface area contributed by atoms with E-state index in [2.05, 4.69) is 29.8 Å². The summed E-state index contributed by atoms with van der Waals surface area (Å²) in [6.45, 7) is 3.78. The third-order valence-corrected chi connectivity index (χ3v) is 4.10. The molecule has 0 N–H and O–H groups in total. The lowest BCUT2D eigenvalue weighted by atomic mass is 10.1. The molecular weight excluding hydrogens is 306 g/mol. The van der Waals surface area contributed by atoms with Crippen LogP contribution in [0.3, 0.4) is 0 Å². The molecule has 0 atom stereocenters. The van der Waals surface area contributed by atoms with Crippen molar-refractivity contribution in [2.75, 3.05) is 0 Å². The molecule has 0 saturated carbocycles. The molecule has 0 aliphatic heterocycles. The summed E-state index contributed by atoms with van der Waals surface area (Å²) < 4.78 is 1.88. The number of hydrogen-bond donors (Lipinski definition) is 0. The minimum atomic E-state index is 0.936. The minimum Gasteiger partial charge on any atom is -0.256 e. The Morgan fingerprint density at radius 3 is 2.32 bits per heavy atom. The monoisotopic (exact) mass is 323 g/mol. The topological polar surface area (TPSA) is 30.7 Å². The smallest absolute Gasteiger partial charge is 0.0927 e. The van der Waals surface area contributed by atoms with Crippen molar-refractivity contribution < 1.29 is 0 Å². The van der Waals surface area contributed by atoms with E-state index in [0.29, 0.717) is 0 Å². The Bertz CT molecular complexity index is 999. The Labute approximate surface area is 146 Å². The highest BCUT2D eigenvalue weighted by molar-refractivity contribution is 5.69. The Kier molecular flexibility index (Phi) is 3.97. The summed E-state index contributed by atoms with van der Waals surface area (Å²) in [5.74, 6) is 0. The second kappa shape index (κ2) is 6.57. The van der Waals surface area contributed by atoms with E-state index in [1.54, 1.807) is 0 Å². The zero-order valence-corrected chi connectivity index (χ0v) is 13.7. The van der Waals surface area contributed by atoms with Gasteiger partial charge in [-0.15, -0.1) is 0 Å². The number of rotatable bonds is 4. The molecule has 0 saturated heterocycles. The van der Waals surface area contributed by atoms with E-state index >= 15 is 0 Å². The Morgan fingerprint density at radius 2 is 1.60 bits per heavy atom. The van der Waals surface area contributed by atoms with Crippen LogP contribution < -0.4 is 0 Å². The molecule has 2 aromatic carbocycles. The van der Waals surface area contributed by atoms with Crippen LogP contribution in [0.4, 0.5) is 0 Å². The van der Waals surface area contributed by atoms with Gasteiger partial charge in [-0.3, -0.25) is 4.98 Å². The molecule has 4 aromatic rings. The third-order valence-electron chi connectivity index (χ3n) is 4.10. The van der Waals surface area contributed by atoms with E-state index in [9.17, 15) is 0 Å². The summed E-state index contributed by atoms with van der Waals surface area (Å²) in [6, 6.07) is 24.4. The molecule has 0 fully saturated rings. The first-order valence-corrected chi connectivity index (χ1v) is 8.14. The second-order valence-electron chi connectivity index (χ2n) is 5.74. The maximum absolute atomic E-state index is 4.71. The van der Waals surface area contributed by atoms with E-state index < -0.39 is 0 Å². The molecule has 3 heteroatoms. The average Bonchev–Trinajstić information content (AvgIpc) is 3.19. The van der Waals surface area contributed by atoms with E-state index in [1.165, 1.54) is 0 Å². The Balaban J connectivity index is 1.67. The molecule has 0 amide bonds. The summed E-state index contributed by atoms with van der Waals surface area (Å²) in [5.41, 5.74) is 6.18. The Hall–Kier alpha value is -3.46. The van der Waals surface area contributed by atoms with Gasteiger partial charge in [0.05, 0.1) is 17.1 Å². The summed E-state index contributed by atoms with van der Waals surface area (Å²) in [4.78, 5) is 4.42. The quantitative estimate of drug-likeness (QED) is 0.514. The molecule has 2 aromatic heterocycles. The summed E-state index contributed by atoms with van der Waals surface area (Å²) in [6.07, 6.45) is 5.62. The number of hydrogen-bond acceptors (Lipinski definition) is 2. The van der Waals surface area contributed by atoms with Gasteiger partial charge >= 0.3 is 0 Å². The molecule has 0 radical (unpaired) electrons. The van der Waals surface area contributed by atoms with Crippen LogP contribution in [0.25, 0.3) is 34.3 Å². The fourth-order valence-corrected chi connectivity index (χ4v) is 2.76. The molecule has 120 valence electrons. The summed E-state index contributed by atoms with van der Waals surface area (Å²) in [5, 5.41) is 4.71. The lowest BCUT2D eigenvalue weighted by Gasteiger charge is -2.04. The standard InChI is InChI=1S/C22H17N3/c1-2-17-9-11-20(12-10-17)25-15-13-22(24-25)19-7-5-6-18(16-19)21-8-3-4-14-23-21/h2-16H,1H2. The normalized spacial score (nSPS) is 10.6. The van der Waals surface area contributed by atoms with Crippen LogP contribution in [0.1, 0.15) is 5.56 Å². The zero-order valence-electron chi connectivity index (χ0n) is 13.7. The van der Waals surface area contributed by atoms with Gasteiger partial charge in [0.1, 0.15) is 0 Å². The largest absolute Gasteiger partial charge is 0.256 e. The average molecular weight is 323 g/mol. The highest BCUT2D eigenvalue weighted by Crippen LogP contribution is 2.24. The van der Waals surface area contributed by atoms with Gasteiger partial charge in [0, 0.05) is 23.5 Å². The number of benzene rings is 2. The predicted molar refractivity (Wildman–Crippen MR) is 102 cm³/mol. The molecule has 0 aliphatic carbocycles. The van der Waals surface area contributed by atoms with Crippen LogP contribution in [0.15, 0.2) is 91.8 Å². The molecule has 0 bridgehead atoms. The van der Waals surface area contributed by atoms with Crippen molar-refractivity contribution in [2.24, 2.45) is 0 Å². The van der Waals surface area contributed by atoms with Gasteiger partial charge < -0.3 is 0 Å². The van der Waals surface area contributed by atoms with E-state index in [1.807, 2.05) is 77.7 Å². The molecule has 0 unspecified atom stereocenters. The van der Waals surface area contributed by atoms with Crippen LogP contribution in [-0.4, -0.2) is 14.8 Å². The minimum absolute atomic E-state index is 0.936. The summed E-state index contributed by atoms with van der Waals surface area (Å²) >= 11 is 0. The molecular formula is C22H17N3. The fourth-order valence-electron chi connectivity index (χ4n) is 2.76. The highest BCUT2D eigenvalue weighted by atomic mass is 15.3. The zero-order chi connectivity index (χ0) is 17.1. The van der Waals surface area contributed by atoms with Crippen molar-refractivity contribution in [1.29, 1.82) is 0 Å². The second-order valence-corrected chi connectivity index (χ2v) is 5.74. The van der Waals surface area contributed by atoms with Gasteiger partial charge in [0.25, 0.3) is 0 Å². The first kappa shape index (κ1) is 15.1. The van der Waals surface area contributed by atoms with Crippen LogP contribution in [0, 0.1) is 0 Å². The fraction of sp³-hybridized carbons (Fsp3) is 0. The van der Waals surface area contributed by atoms with Gasteiger partial charge in [-0.1, -0.05) is 49.1 Å². The predicted octanol–water partition coefficient (Wildman–Crippen LogP) is 5.24. The van der Waals surface area contributed by atoms with Crippen molar-refractivity contribution in [3.05, 3.63) is 97.3 Å². The molecule has 0 spiro atoms. The highest BCUT2D eigenvalue weighted by Gasteiger charge is 2.06. The van der Waals surface area contributed by atoms with Crippen molar-refractivity contribution >= 4 is 6.08 Å². The van der Waals surface area contributed by atoms with Crippen LogP contribution in [0.2, 0.25) is 0 Å². The SMILES string of the molecule is C=Cc1ccc(-n2ccc(-c3cccc(-c4ccccn4)c3)n2)cc1. The molecule has 25 heavy (non-hydrogen) atoms.